The molecule has 2 aromatic heterocycles. The molecular formula is C13H12N4S2. The number of hydrogen-bond acceptors (Lipinski definition) is 5. The molecule has 0 saturated heterocycles. The van der Waals surface area contributed by atoms with Gasteiger partial charge in [-0.05, 0) is 35.9 Å². The quantitative estimate of drug-likeness (QED) is 0.751. The molecule has 19 heavy (non-hydrogen) atoms. The van der Waals surface area contributed by atoms with E-state index in [1.807, 2.05) is 42.0 Å². The predicted octanol–water partition coefficient (Wildman–Crippen LogP) is 3.30. The van der Waals surface area contributed by atoms with Crippen molar-refractivity contribution < 1.29 is 0 Å². The summed E-state index contributed by atoms with van der Waals surface area (Å²) < 4.78 is 1.68. The maximum absolute atomic E-state index is 6.16. The third kappa shape index (κ3) is 2.24. The molecule has 96 valence electrons. The highest BCUT2D eigenvalue weighted by atomic mass is 32.2. The van der Waals surface area contributed by atoms with Crippen molar-refractivity contribution in [3.8, 4) is 16.3 Å². The van der Waals surface area contributed by atoms with Crippen molar-refractivity contribution in [2.45, 2.75) is 4.90 Å². The van der Waals surface area contributed by atoms with Gasteiger partial charge < -0.3 is 5.73 Å². The summed E-state index contributed by atoms with van der Waals surface area (Å²) in [5.41, 5.74) is 7.83. The molecule has 0 amide bonds. The Morgan fingerprint density at radius 3 is 2.89 bits per heavy atom. The average molecular weight is 288 g/mol. The van der Waals surface area contributed by atoms with Gasteiger partial charge in [-0.3, -0.25) is 0 Å². The van der Waals surface area contributed by atoms with Gasteiger partial charge >= 0.3 is 0 Å². The fourth-order valence-electron chi connectivity index (χ4n) is 1.81. The molecule has 1 aromatic carbocycles. The molecule has 0 spiro atoms. The van der Waals surface area contributed by atoms with E-state index in [4.69, 9.17) is 5.73 Å². The number of aromatic nitrogens is 3. The second-order valence-electron chi connectivity index (χ2n) is 3.91. The number of nitrogens with two attached hydrogens (primary N) is 1. The lowest BCUT2D eigenvalue weighted by Gasteiger charge is -2.04. The van der Waals surface area contributed by atoms with Crippen LogP contribution in [0.3, 0.4) is 0 Å². The first-order valence-corrected chi connectivity index (χ1v) is 7.79. The van der Waals surface area contributed by atoms with Crippen molar-refractivity contribution in [3.05, 3.63) is 41.8 Å². The van der Waals surface area contributed by atoms with E-state index >= 15 is 0 Å². The van der Waals surface area contributed by atoms with Crippen molar-refractivity contribution in [1.29, 1.82) is 0 Å². The molecule has 0 unspecified atom stereocenters. The van der Waals surface area contributed by atoms with E-state index in [-0.39, 0.29) is 0 Å². The summed E-state index contributed by atoms with van der Waals surface area (Å²) in [5.74, 6) is 0.570. The highest BCUT2D eigenvalue weighted by Gasteiger charge is 2.13. The number of anilines is 1. The molecule has 0 radical (unpaired) electrons. The van der Waals surface area contributed by atoms with Gasteiger partial charge in [-0.2, -0.15) is 4.68 Å². The van der Waals surface area contributed by atoms with Crippen LogP contribution in [-0.2, 0) is 0 Å². The topological polar surface area (TPSA) is 56.7 Å². The third-order valence-corrected chi connectivity index (χ3v) is 4.36. The van der Waals surface area contributed by atoms with Gasteiger partial charge in [0.15, 0.2) is 5.82 Å². The van der Waals surface area contributed by atoms with Crippen LogP contribution in [0.5, 0.6) is 0 Å². The van der Waals surface area contributed by atoms with Crippen LogP contribution in [0.15, 0.2) is 46.7 Å². The number of nitrogen functional groups attached to an aromatic ring is 1. The van der Waals surface area contributed by atoms with Gasteiger partial charge in [0.25, 0.3) is 0 Å². The monoisotopic (exact) mass is 288 g/mol. The maximum Gasteiger partial charge on any atom is 0.156 e. The SMILES string of the molecule is CSc1cccc(-n2nnc(-c3cccs3)c2N)c1. The van der Waals surface area contributed by atoms with E-state index in [9.17, 15) is 0 Å². The second kappa shape index (κ2) is 5.07. The van der Waals surface area contributed by atoms with Crippen LogP contribution >= 0.6 is 23.1 Å². The van der Waals surface area contributed by atoms with Gasteiger partial charge in [-0.25, -0.2) is 0 Å². The molecule has 3 rings (SSSR count). The van der Waals surface area contributed by atoms with E-state index in [1.165, 1.54) is 4.90 Å². The minimum Gasteiger partial charge on any atom is -0.382 e. The van der Waals surface area contributed by atoms with E-state index in [0.29, 0.717) is 5.82 Å². The fourth-order valence-corrected chi connectivity index (χ4v) is 2.98. The smallest absolute Gasteiger partial charge is 0.156 e. The zero-order chi connectivity index (χ0) is 13.2. The number of nitrogens with zero attached hydrogens (tertiary/aromatic N) is 3. The molecule has 0 atom stereocenters. The first-order chi connectivity index (χ1) is 9.29. The molecular weight excluding hydrogens is 276 g/mol. The maximum atomic E-state index is 6.16. The summed E-state index contributed by atoms with van der Waals surface area (Å²) >= 11 is 3.29. The van der Waals surface area contributed by atoms with Crippen LogP contribution in [0.4, 0.5) is 5.82 Å². The van der Waals surface area contributed by atoms with Crippen LogP contribution in [-0.4, -0.2) is 21.2 Å². The van der Waals surface area contributed by atoms with Gasteiger partial charge in [-0.1, -0.05) is 17.3 Å². The Morgan fingerprint density at radius 2 is 2.16 bits per heavy atom. The minimum absolute atomic E-state index is 0.570. The van der Waals surface area contributed by atoms with Crippen LogP contribution in [0, 0.1) is 0 Å². The zero-order valence-corrected chi connectivity index (χ0v) is 11.9. The van der Waals surface area contributed by atoms with Crippen LogP contribution < -0.4 is 5.73 Å². The lowest BCUT2D eigenvalue weighted by Crippen LogP contribution is -2.02. The molecule has 6 heteroatoms. The first kappa shape index (κ1) is 12.3. The van der Waals surface area contributed by atoms with Gasteiger partial charge in [0.05, 0.1) is 10.6 Å². The largest absolute Gasteiger partial charge is 0.382 e. The van der Waals surface area contributed by atoms with E-state index < -0.39 is 0 Å². The number of rotatable bonds is 3. The van der Waals surface area contributed by atoms with Crippen molar-refractivity contribution in [1.82, 2.24) is 15.0 Å². The number of thioether (sulfide) groups is 1. The van der Waals surface area contributed by atoms with Crippen molar-refractivity contribution >= 4 is 28.9 Å². The predicted molar refractivity (Wildman–Crippen MR) is 80.9 cm³/mol. The summed E-state index contributed by atoms with van der Waals surface area (Å²) in [7, 11) is 0. The standard InChI is InChI=1S/C13H12N4S2/c1-18-10-5-2-4-9(8-10)17-13(14)12(15-16-17)11-6-3-7-19-11/h2-8H,14H2,1H3. The average Bonchev–Trinajstić information content (AvgIpc) is 3.08. The normalized spacial score (nSPS) is 10.8. The summed E-state index contributed by atoms with van der Waals surface area (Å²) in [6.07, 6.45) is 2.04. The molecule has 0 aliphatic carbocycles. The molecule has 0 aliphatic heterocycles. The molecule has 4 nitrogen and oxygen atoms in total. The summed E-state index contributed by atoms with van der Waals surface area (Å²) in [4.78, 5) is 2.20. The zero-order valence-electron chi connectivity index (χ0n) is 10.3. The summed E-state index contributed by atoms with van der Waals surface area (Å²) in [6.45, 7) is 0. The number of thiophene rings is 1. The lowest BCUT2D eigenvalue weighted by atomic mass is 10.3. The second-order valence-corrected chi connectivity index (χ2v) is 5.74. The van der Waals surface area contributed by atoms with Gasteiger partial charge in [-0.15, -0.1) is 28.2 Å². The minimum atomic E-state index is 0.570. The number of hydrogen-bond donors (Lipinski definition) is 1. The molecule has 3 aromatic rings. The van der Waals surface area contributed by atoms with Crippen LogP contribution in [0.1, 0.15) is 0 Å². The van der Waals surface area contributed by atoms with E-state index in [2.05, 4.69) is 16.4 Å². The fraction of sp³-hybridized carbons (Fsp3) is 0.0769. The van der Waals surface area contributed by atoms with E-state index in [1.54, 1.807) is 27.8 Å². The van der Waals surface area contributed by atoms with Crippen molar-refractivity contribution in [2.24, 2.45) is 0 Å². The van der Waals surface area contributed by atoms with Gasteiger partial charge in [0.1, 0.15) is 5.69 Å². The lowest BCUT2D eigenvalue weighted by molar-refractivity contribution is 0.808. The number of benzene rings is 1. The molecule has 0 bridgehead atoms. The molecule has 2 N–H and O–H groups in total. The Bertz CT molecular complexity index is 688. The molecule has 0 fully saturated rings. The van der Waals surface area contributed by atoms with Crippen molar-refractivity contribution in [3.63, 3.8) is 0 Å². The Morgan fingerprint density at radius 1 is 1.26 bits per heavy atom. The van der Waals surface area contributed by atoms with Crippen LogP contribution in [0.25, 0.3) is 16.3 Å². The molecule has 2 heterocycles. The highest BCUT2D eigenvalue weighted by molar-refractivity contribution is 7.98. The Kier molecular flexibility index (Phi) is 3.27. The highest BCUT2D eigenvalue weighted by Crippen LogP contribution is 2.29. The van der Waals surface area contributed by atoms with Gasteiger partial charge in [0.2, 0.25) is 0 Å². The third-order valence-electron chi connectivity index (χ3n) is 2.76. The molecule has 0 saturated carbocycles. The summed E-state index contributed by atoms with van der Waals surface area (Å²) in [5, 5.41) is 10.3. The Balaban J connectivity index is 2.07. The Hall–Kier alpha value is -1.79. The summed E-state index contributed by atoms with van der Waals surface area (Å²) in [6, 6.07) is 12.0. The van der Waals surface area contributed by atoms with Gasteiger partial charge in [0, 0.05) is 4.90 Å². The molecule has 0 aliphatic rings. The van der Waals surface area contributed by atoms with Crippen LogP contribution in [0.2, 0.25) is 0 Å². The Labute approximate surface area is 119 Å². The first-order valence-electron chi connectivity index (χ1n) is 5.69. The van der Waals surface area contributed by atoms with E-state index in [0.717, 1.165) is 16.3 Å². The van der Waals surface area contributed by atoms with Crippen molar-refractivity contribution in [2.75, 3.05) is 12.0 Å².